The summed E-state index contributed by atoms with van der Waals surface area (Å²) < 4.78 is 4.86. The highest BCUT2D eigenvalue weighted by molar-refractivity contribution is 5.95. The minimum absolute atomic E-state index is 0.0216. The number of aliphatic hydroxyl groups is 1. The molecule has 1 rings (SSSR count). The number of benzene rings is 1. The molecule has 82 valence electrons. The minimum Gasteiger partial charge on any atom is -0.459 e. The van der Waals surface area contributed by atoms with Crippen LogP contribution in [0.2, 0.25) is 0 Å². The standard InChI is InChI=1S/C11H15NO3/c1-7-3-4-10(12)9(5-7)11(14)15-6-8(2)13/h3-5,8,13H,6,12H2,1-2H3. The third-order valence-electron chi connectivity index (χ3n) is 1.88. The summed E-state index contributed by atoms with van der Waals surface area (Å²) in [6, 6.07) is 5.15. The number of hydrogen-bond acceptors (Lipinski definition) is 4. The number of nitrogens with two attached hydrogens (primary N) is 1. The monoisotopic (exact) mass is 209 g/mol. The number of esters is 1. The van der Waals surface area contributed by atoms with Gasteiger partial charge in [-0.15, -0.1) is 0 Å². The van der Waals surface area contributed by atoms with Crippen LogP contribution in [0, 0.1) is 6.92 Å². The van der Waals surface area contributed by atoms with Gasteiger partial charge in [0.15, 0.2) is 0 Å². The molecule has 0 bridgehead atoms. The first kappa shape index (κ1) is 11.5. The lowest BCUT2D eigenvalue weighted by atomic mass is 10.1. The van der Waals surface area contributed by atoms with Crippen LogP contribution in [0.1, 0.15) is 22.8 Å². The van der Waals surface area contributed by atoms with Gasteiger partial charge in [0.1, 0.15) is 6.61 Å². The van der Waals surface area contributed by atoms with Crippen molar-refractivity contribution in [3.63, 3.8) is 0 Å². The van der Waals surface area contributed by atoms with Gasteiger partial charge in [0.05, 0.1) is 11.7 Å². The lowest BCUT2D eigenvalue weighted by molar-refractivity contribution is 0.0297. The van der Waals surface area contributed by atoms with Gasteiger partial charge in [-0.1, -0.05) is 11.6 Å². The average molecular weight is 209 g/mol. The number of hydrogen-bond donors (Lipinski definition) is 2. The number of nitrogen functional groups attached to an aromatic ring is 1. The Morgan fingerprint density at radius 2 is 2.27 bits per heavy atom. The molecule has 0 saturated heterocycles. The van der Waals surface area contributed by atoms with Crippen molar-refractivity contribution in [2.24, 2.45) is 0 Å². The second-order valence-electron chi connectivity index (χ2n) is 3.54. The number of ether oxygens (including phenoxy) is 1. The molecule has 1 aromatic carbocycles. The topological polar surface area (TPSA) is 72.6 Å². The van der Waals surface area contributed by atoms with Crippen LogP contribution in [-0.4, -0.2) is 23.8 Å². The highest BCUT2D eigenvalue weighted by atomic mass is 16.5. The molecular weight excluding hydrogens is 194 g/mol. The van der Waals surface area contributed by atoms with Crippen LogP contribution in [0.15, 0.2) is 18.2 Å². The SMILES string of the molecule is Cc1ccc(N)c(C(=O)OCC(C)O)c1. The number of carbonyl (C=O) groups is 1. The van der Waals surface area contributed by atoms with E-state index in [2.05, 4.69) is 0 Å². The quantitative estimate of drug-likeness (QED) is 0.578. The van der Waals surface area contributed by atoms with Crippen LogP contribution in [-0.2, 0) is 4.74 Å². The zero-order valence-corrected chi connectivity index (χ0v) is 8.86. The van der Waals surface area contributed by atoms with E-state index in [1.54, 1.807) is 19.1 Å². The van der Waals surface area contributed by atoms with Crippen LogP contribution >= 0.6 is 0 Å². The molecular formula is C11H15NO3. The maximum atomic E-state index is 11.5. The predicted molar refractivity (Wildman–Crippen MR) is 57.6 cm³/mol. The smallest absolute Gasteiger partial charge is 0.340 e. The summed E-state index contributed by atoms with van der Waals surface area (Å²) in [5, 5.41) is 8.96. The van der Waals surface area contributed by atoms with Crippen molar-refractivity contribution in [1.82, 2.24) is 0 Å². The maximum Gasteiger partial charge on any atom is 0.340 e. The molecule has 4 heteroatoms. The van der Waals surface area contributed by atoms with Crippen molar-refractivity contribution in [3.05, 3.63) is 29.3 Å². The van der Waals surface area contributed by atoms with Gasteiger partial charge in [-0.05, 0) is 26.0 Å². The number of aryl methyl sites for hydroxylation is 1. The van der Waals surface area contributed by atoms with Gasteiger partial charge in [-0.2, -0.15) is 0 Å². The summed E-state index contributed by atoms with van der Waals surface area (Å²) in [4.78, 5) is 11.5. The van der Waals surface area contributed by atoms with Gasteiger partial charge in [-0.3, -0.25) is 0 Å². The van der Waals surface area contributed by atoms with Crippen molar-refractivity contribution in [3.8, 4) is 0 Å². The van der Waals surface area contributed by atoms with Gasteiger partial charge >= 0.3 is 5.97 Å². The second kappa shape index (κ2) is 4.79. The molecule has 0 aromatic heterocycles. The first-order chi connectivity index (χ1) is 7.00. The molecule has 0 fully saturated rings. The van der Waals surface area contributed by atoms with E-state index in [4.69, 9.17) is 15.6 Å². The molecule has 1 unspecified atom stereocenters. The van der Waals surface area contributed by atoms with Crippen molar-refractivity contribution in [1.29, 1.82) is 0 Å². The normalized spacial score (nSPS) is 12.2. The molecule has 4 nitrogen and oxygen atoms in total. The van der Waals surface area contributed by atoms with Crippen molar-refractivity contribution < 1.29 is 14.6 Å². The molecule has 3 N–H and O–H groups in total. The Kier molecular flexibility index (Phi) is 3.68. The summed E-state index contributed by atoms with van der Waals surface area (Å²) in [6.07, 6.45) is -0.667. The average Bonchev–Trinajstić information content (AvgIpc) is 2.18. The molecule has 1 atom stereocenters. The van der Waals surface area contributed by atoms with E-state index < -0.39 is 12.1 Å². The largest absolute Gasteiger partial charge is 0.459 e. The summed E-state index contributed by atoms with van der Waals surface area (Å²) in [5.74, 6) is -0.503. The zero-order valence-electron chi connectivity index (χ0n) is 8.86. The fourth-order valence-electron chi connectivity index (χ4n) is 1.12. The molecule has 0 radical (unpaired) electrons. The van der Waals surface area contributed by atoms with Gasteiger partial charge in [-0.25, -0.2) is 4.79 Å². The Labute approximate surface area is 88.7 Å². The van der Waals surface area contributed by atoms with Crippen LogP contribution in [0.4, 0.5) is 5.69 Å². The Morgan fingerprint density at radius 1 is 1.60 bits per heavy atom. The van der Waals surface area contributed by atoms with Crippen molar-refractivity contribution in [2.75, 3.05) is 12.3 Å². The number of aliphatic hydroxyl groups excluding tert-OH is 1. The number of anilines is 1. The maximum absolute atomic E-state index is 11.5. The van der Waals surface area contributed by atoms with Gasteiger partial charge in [0.25, 0.3) is 0 Å². The Balaban J connectivity index is 2.77. The number of carbonyl (C=O) groups excluding carboxylic acids is 1. The first-order valence-corrected chi connectivity index (χ1v) is 4.72. The van der Waals surface area contributed by atoms with Gasteiger partial charge in [0.2, 0.25) is 0 Å². The van der Waals surface area contributed by atoms with Crippen LogP contribution in [0.25, 0.3) is 0 Å². The molecule has 15 heavy (non-hydrogen) atoms. The highest BCUT2D eigenvalue weighted by Crippen LogP contribution is 2.14. The van der Waals surface area contributed by atoms with E-state index in [0.717, 1.165) is 5.56 Å². The molecule has 0 heterocycles. The molecule has 0 spiro atoms. The molecule has 0 aliphatic heterocycles. The fraction of sp³-hybridized carbons (Fsp3) is 0.364. The molecule has 0 aliphatic rings. The molecule has 0 aliphatic carbocycles. The third-order valence-corrected chi connectivity index (χ3v) is 1.88. The molecule has 0 saturated carbocycles. The molecule has 0 amide bonds. The molecule has 1 aromatic rings. The van der Waals surface area contributed by atoms with Crippen molar-refractivity contribution in [2.45, 2.75) is 20.0 Å². The predicted octanol–water partition coefficient (Wildman–Crippen LogP) is 1.11. The Hall–Kier alpha value is -1.55. The lowest BCUT2D eigenvalue weighted by Crippen LogP contribution is -2.16. The first-order valence-electron chi connectivity index (χ1n) is 4.72. The summed E-state index contributed by atoms with van der Waals surface area (Å²) >= 11 is 0. The van der Waals surface area contributed by atoms with E-state index in [9.17, 15) is 4.79 Å². The second-order valence-corrected chi connectivity index (χ2v) is 3.54. The third kappa shape index (κ3) is 3.25. The van der Waals surface area contributed by atoms with E-state index in [1.807, 2.05) is 13.0 Å². The Bertz CT molecular complexity index is 361. The van der Waals surface area contributed by atoms with Gasteiger partial charge in [0, 0.05) is 5.69 Å². The summed E-state index contributed by atoms with van der Waals surface area (Å²) in [6.45, 7) is 3.39. The van der Waals surface area contributed by atoms with E-state index >= 15 is 0 Å². The highest BCUT2D eigenvalue weighted by Gasteiger charge is 2.12. The fourth-order valence-corrected chi connectivity index (χ4v) is 1.12. The lowest BCUT2D eigenvalue weighted by Gasteiger charge is -2.08. The van der Waals surface area contributed by atoms with Crippen molar-refractivity contribution >= 4 is 11.7 Å². The Morgan fingerprint density at radius 3 is 2.87 bits per heavy atom. The van der Waals surface area contributed by atoms with Gasteiger partial charge < -0.3 is 15.6 Å². The van der Waals surface area contributed by atoms with E-state index in [0.29, 0.717) is 11.3 Å². The zero-order chi connectivity index (χ0) is 11.4. The van der Waals surface area contributed by atoms with Crippen LogP contribution in [0.3, 0.4) is 0 Å². The summed E-state index contributed by atoms with van der Waals surface area (Å²) in [5.41, 5.74) is 7.30. The van der Waals surface area contributed by atoms with E-state index in [-0.39, 0.29) is 6.61 Å². The number of rotatable bonds is 3. The van der Waals surface area contributed by atoms with E-state index in [1.165, 1.54) is 0 Å². The summed E-state index contributed by atoms with van der Waals surface area (Å²) in [7, 11) is 0. The van der Waals surface area contributed by atoms with Crippen LogP contribution < -0.4 is 5.73 Å². The van der Waals surface area contributed by atoms with Crippen LogP contribution in [0.5, 0.6) is 0 Å². The minimum atomic E-state index is -0.667.